The number of hydrogen-bond acceptors (Lipinski definition) is 5. The van der Waals surface area contributed by atoms with Crippen LogP contribution in [0.3, 0.4) is 0 Å². The van der Waals surface area contributed by atoms with Gasteiger partial charge >= 0.3 is 0 Å². The van der Waals surface area contributed by atoms with E-state index in [4.69, 9.17) is 45.3 Å². The molecule has 19 heavy (non-hydrogen) atoms. The molecule has 1 aromatic heterocycles. The van der Waals surface area contributed by atoms with Gasteiger partial charge in [0, 0.05) is 6.07 Å². The molecule has 0 unspecified atom stereocenters. The van der Waals surface area contributed by atoms with Crippen molar-refractivity contribution in [3.05, 3.63) is 27.3 Å². The molecular formula is C11H8Cl3N3O2. The summed E-state index contributed by atoms with van der Waals surface area (Å²) in [7, 11) is 1.37. The summed E-state index contributed by atoms with van der Waals surface area (Å²) < 4.78 is 5.01. The summed E-state index contributed by atoms with van der Waals surface area (Å²) in [5.74, 6) is -0.185. The molecular weight excluding hydrogens is 312 g/mol. The van der Waals surface area contributed by atoms with Crippen molar-refractivity contribution in [2.75, 3.05) is 12.8 Å². The summed E-state index contributed by atoms with van der Waals surface area (Å²) in [6.45, 7) is 0. The largest absolute Gasteiger partial charge is 0.504 e. The Labute approximate surface area is 123 Å². The molecule has 0 saturated heterocycles. The van der Waals surface area contributed by atoms with Crippen molar-refractivity contribution >= 4 is 40.8 Å². The first kappa shape index (κ1) is 14.0. The number of ether oxygens (including phenoxy) is 1. The van der Waals surface area contributed by atoms with Crippen molar-refractivity contribution in [3.63, 3.8) is 0 Å². The van der Waals surface area contributed by atoms with Gasteiger partial charge in [0.05, 0.1) is 28.4 Å². The van der Waals surface area contributed by atoms with Gasteiger partial charge in [-0.3, -0.25) is 0 Å². The summed E-state index contributed by atoms with van der Waals surface area (Å²) in [5, 5.41) is 10.7. The fourth-order valence-electron chi connectivity index (χ4n) is 1.59. The van der Waals surface area contributed by atoms with E-state index in [0.717, 1.165) is 0 Å². The zero-order valence-corrected chi connectivity index (χ0v) is 11.9. The molecule has 100 valence electrons. The average molecular weight is 321 g/mol. The van der Waals surface area contributed by atoms with E-state index in [1.165, 1.54) is 19.2 Å². The van der Waals surface area contributed by atoms with Gasteiger partial charge in [-0.25, -0.2) is 9.97 Å². The maximum absolute atomic E-state index is 10.1. The van der Waals surface area contributed by atoms with E-state index in [9.17, 15) is 5.11 Å². The van der Waals surface area contributed by atoms with E-state index in [0.29, 0.717) is 0 Å². The lowest BCUT2D eigenvalue weighted by Crippen LogP contribution is -1.98. The van der Waals surface area contributed by atoms with Crippen molar-refractivity contribution in [3.8, 4) is 22.8 Å². The predicted octanol–water partition coefficient (Wildman–Crippen LogP) is 3.40. The lowest BCUT2D eigenvalue weighted by Gasteiger charge is -2.12. The number of nitrogen functional groups attached to an aromatic ring is 1. The second-order valence-electron chi connectivity index (χ2n) is 3.53. The predicted molar refractivity (Wildman–Crippen MR) is 75.1 cm³/mol. The van der Waals surface area contributed by atoms with Crippen LogP contribution in [0.15, 0.2) is 12.1 Å². The van der Waals surface area contributed by atoms with Crippen LogP contribution in [-0.2, 0) is 0 Å². The van der Waals surface area contributed by atoms with Gasteiger partial charge in [0.2, 0.25) is 5.95 Å². The SMILES string of the molecule is COc1c(Cl)cc(Cl)c(-c2cc(Cl)nc(N)n2)c1O. The number of phenolic OH excluding ortho intramolecular Hbond substituents is 1. The van der Waals surface area contributed by atoms with E-state index >= 15 is 0 Å². The number of benzene rings is 1. The molecule has 0 bridgehead atoms. The Morgan fingerprint density at radius 2 is 1.84 bits per heavy atom. The zero-order chi connectivity index (χ0) is 14.2. The normalized spacial score (nSPS) is 10.5. The maximum atomic E-state index is 10.1. The van der Waals surface area contributed by atoms with Crippen LogP contribution in [0.25, 0.3) is 11.3 Å². The summed E-state index contributed by atoms with van der Waals surface area (Å²) in [4.78, 5) is 7.70. The smallest absolute Gasteiger partial charge is 0.221 e. The number of halogens is 3. The van der Waals surface area contributed by atoms with E-state index in [1.54, 1.807) is 0 Å². The van der Waals surface area contributed by atoms with Crippen LogP contribution in [0.2, 0.25) is 15.2 Å². The average Bonchev–Trinajstić information content (AvgIpc) is 2.27. The van der Waals surface area contributed by atoms with Crippen LogP contribution < -0.4 is 10.5 Å². The Balaban J connectivity index is 2.74. The van der Waals surface area contributed by atoms with Crippen LogP contribution in [0.4, 0.5) is 5.95 Å². The highest BCUT2D eigenvalue weighted by Gasteiger charge is 2.20. The van der Waals surface area contributed by atoms with Crippen molar-refractivity contribution in [1.29, 1.82) is 0 Å². The second kappa shape index (κ2) is 5.28. The molecule has 2 rings (SSSR count). The molecule has 5 nitrogen and oxygen atoms in total. The fourth-order valence-corrected chi connectivity index (χ4v) is 2.41. The summed E-state index contributed by atoms with van der Waals surface area (Å²) in [6, 6.07) is 2.86. The number of aromatic hydroxyl groups is 1. The first-order valence-corrected chi connectivity index (χ1v) is 6.12. The van der Waals surface area contributed by atoms with Crippen molar-refractivity contribution in [1.82, 2.24) is 9.97 Å². The molecule has 3 N–H and O–H groups in total. The number of anilines is 1. The third-order valence-corrected chi connectivity index (χ3v) is 3.11. The molecule has 0 saturated carbocycles. The number of phenols is 1. The molecule has 0 aliphatic rings. The van der Waals surface area contributed by atoms with Crippen LogP contribution >= 0.6 is 34.8 Å². The van der Waals surface area contributed by atoms with E-state index in [-0.39, 0.29) is 43.9 Å². The monoisotopic (exact) mass is 319 g/mol. The highest BCUT2D eigenvalue weighted by molar-refractivity contribution is 6.38. The highest BCUT2D eigenvalue weighted by Crippen LogP contribution is 2.46. The van der Waals surface area contributed by atoms with Crippen molar-refractivity contribution < 1.29 is 9.84 Å². The quantitative estimate of drug-likeness (QED) is 0.829. The molecule has 1 aromatic carbocycles. The highest BCUT2D eigenvalue weighted by atomic mass is 35.5. The van der Waals surface area contributed by atoms with Crippen molar-refractivity contribution in [2.45, 2.75) is 0 Å². The maximum Gasteiger partial charge on any atom is 0.221 e. The molecule has 0 spiro atoms. The molecule has 2 aromatic rings. The molecule has 0 amide bonds. The van der Waals surface area contributed by atoms with Crippen molar-refractivity contribution in [2.24, 2.45) is 0 Å². The lowest BCUT2D eigenvalue weighted by atomic mass is 10.1. The number of aromatic nitrogens is 2. The minimum Gasteiger partial charge on any atom is -0.504 e. The van der Waals surface area contributed by atoms with Gasteiger partial charge < -0.3 is 15.6 Å². The second-order valence-corrected chi connectivity index (χ2v) is 4.73. The van der Waals surface area contributed by atoms with Gasteiger partial charge in [-0.2, -0.15) is 0 Å². The van der Waals surface area contributed by atoms with Crippen LogP contribution in [-0.4, -0.2) is 22.2 Å². The zero-order valence-electron chi connectivity index (χ0n) is 9.62. The first-order valence-electron chi connectivity index (χ1n) is 4.99. The molecule has 1 heterocycles. The summed E-state index contributed by atoms with van der Waals surface area (Å²) in [6.07, 6.45) is 0. The number of rotatable bonds is 2. The Hall–Kier alpha value is -1.43. The molecule has 8 heteroatoms. The molecule has 0 fully saturated rings. The van der Waals surface area contributed by atoms with Gasteiger partial charge in [-0.15, -0.1) is 0 Å². The topological polar surface area (TPSA) is 81.3 Å². The third-order valence-electron chi connectivity index (χ3n) is 2.33. The molecule has 0 aliphatic heterocycles. The van der Waals surface area contributed by atoms with Gasteiger partial charge in [0.15, 0.2) is 11.5 Å². The number of methoxy groups -OCH3 is 1. The third kappa shape index (κ3) is 2.63. The van der Waals surface area contributed by atoms with Crippen LogP contribution in [0.5, 0.6) is 11.5 Å². The first-order chi connectivity index (χ1) is 8.93. The Bertz CT molecular complexity index is 629. The summed E-state index contributed by atoms with van der Waals surface area (Å²) in [5.41, 5.74) is 6.00. The molecule has 0 aliphatic carbocycles. The van der Waals surface area contributed by atoms with E-state index < -0.39 is 0 Å². The number of nitrogens with zero attached hydrogens (tertiary/aromatic N) is 2. The Morgan fingerprint density at radius 1 is 1.16 bits per heavy atom. The van der Waals surface area contributed by atoms with E-state index in [1.807, 2.05) is 0 Å². The Morgan fingerprint density at radius 3 is 2.42 bits per heavy atom. The van der Waals surface area contributed by atoms with Crippen LogP contribution in [0.1, 0.15) is 0 Å². The molecule has 0 atom stereocenters. The van der Waals surface area contributed by atoms with Gasteiger partial charge in [-0.05, 0) is 6.07 Å². The van der Waals surface area contributed by atoms with Crippen LogP contribution in [0, 0.1) is 0 Å². The Kier molecular flexibility index (Phi) is 3.89. The molecule has 0 radical (unpaired) electrons. The van der Waals surface area contributed by atoms with E-state index in [2.05, 4.69) is 9.97 Å². The number of hydrogen-bond donors (Lipinski definition) is 2. The minimum absolute atomic E-state index is 0.0353. The number of nitrogens with two attached hydrogens (primary N) is 1. The standard InChI is InChI=1S/C11H8Cl3N3O2/c1-19-10-5(13)2-4(12)8(9(10)18)6-3-7(14)17-11(15)16-6/h2-3,18H,1H3,(H2,15,16,17). The van der Waals surface area contributed by atoms with Gasteiger partial charge in [0.25, 0.3) is 0 Å². The minimum atomic E-state index is -0.242. The fraction of sp³-hybridized carbons (Fsp3) is 0.0909. The summed E-state index contributed by atoms with van der Waals surface area (Å²) >= 11 is 17.8. The lowest BCUT2D eigenvalue weighted by molar-refractivity contribution is 0.374. The van der Waals surface area contributed by atoms with Gasteiger partial charge in [-0.1, -0.05) is 34.8 Å². The van der Waals surface area contributed by atoms with Gasteiger partial charge in [0.1, 0.15) is 5.15 Å².